The molecule has 0 aromatic heterocycles. The average Bonchev–Trinajstić information content (AvgIpc) is 3.28. The fraction of sp³-hybridized carbons (Fsp3) is 0.867. The molecule has 0 unspecified atom stereocenters. The van der Waals surface area contributed by atoms with Gasteiger partial charge in [0.2, 0.25) is 5.91 Å². The van der Waals surface area contributed by atoms with Crippen LogP contribution in [0.2, 0.25) is 0 Å². The molecule has 114 valence electrons. The minimum Gasteiger partial charge on any atom is -0.409 e. The van der Waals surface area contributed by atoms with E-state index < -0.39 is 5.41 Å². The van der Waals surface area contributed by atoms with Crippen LogP contribution in [0.15, 0.2) is 5.16 Å². The van der Waals surface area contributed by atoms with Crippen LogP contribution < -0.4 is 11.1 Å². The Hall–Kier alpha value is -1.26. The molecule has 1 amide bonds. The molecule has 2 fully saturated rings. The second kappa shape index (κ2) is 6.95. The first-order valence-electron chi connectivity index (χ1n) is 7.95. The van der Waals surface area contributed by atoms with Gasteiger partial charge in [-0.3, -0.25) is 4.79 Å². The summed E-state index contributed by atoms with van der Waals surface area (Å²) in [4.78, 5) is 12.6. The molecule has 0 radical (unpaired) electrons. The fourth-order valence-electron chi connectivity index (χ4n) is 3.20. The monoisotopic (exact) mass is 281 g/mol. The van der Waals surface area contributed by atoms with Crippen LogP contribution in [0.1, 0.15) is 64.2 Å². The van der Waals surface area contributed by atoms with Crippen molar-refractivity contribution >= 4 is 11.7 Å². The predicted molar refractivity (Wildman–Crippen MR) is 78.5 cm³/mol. The van der Waals surface area contributed by atoms with Gasteiger partial charge in [-0.25, -0.2) is 0 Å². The molecule has 0 bridgehead atoms. The van der Waals surface area contributed by atoms with E-state index in [0.717, 1.165) is 38.0 Å². The van der Waals surface area contributed by atoms with Gasteiger partial charge in [-0.15, -0.1) is 0 Å². The summed E-state index contributed by atoms with van der Waals surface area (Å²) >= 11 is 0. The van der Waals surface area contributed by atoms with Crippen molar-refractivity contribution in [3.63, 3.8) is 0 Å². The number of amidine groups is 1. The maximum absolute atomic E-state index is 12.6. The highest BCUT2D eigenvalue weighted by molar-refractivity contribution is 6.06. The molecule has 2 rings (SSSR count). The molecular formula is C15H27N3O2. The van der Waals surface area contributed by atoms with Gasteiger partial charge in [-0.1, -0.05) is 43.7 Å². The summed E-state index contributed by atoms with van der Waals surface area (Å²) in [5, 5.41) is 15.2. The van der Waals surface area contributed by atoms with Crippen molar-refractivity contribution in [2.24, 2.45) is 22.2 Å². The third kappa shape index (κ3) is 3.64. The average molecular weight is 281 g/mol. The summed E-state index contributed by atoms with van der Waals surface area (Å²) in [7, 11) is 0. The molecule has 5 heteroatoms. The zero-order valence-electron chi connectivity index (χ0n) is 12.2. The van der Waals surface area contributed by atoms with E-state index in [4.69, 9.17) is 10.9 Å². The molecule has 0 heterocycles. The van der Waals surface area contributed by atoms with Crippen molar-refractivity contribution in [3.05, 3.63) is 0 Å². The third-order valence-electron chi connectivity index (χ3n) is 4.76. The third-order valence-corrected chi connectivity index (χ3v) is 4.76. The van der Waals surface area contributed by atoms with Gasteiger partial charge < -0.3 is 16.3 Å². The highest BCUT2D eigenvalue weighted by Crippen LogP contribution is 2.36. The minimum atomic E-state index is -0.787. The van der Waals surface area contributed by atoms with Crippen molar-refractivity contribution in [3.8, 4) is 0 Å². The number of nitrogens with zero attached hydrogens (tertiary/aromatic N) is 1. The van der Waals surface area contributed by atoms with Gasteiger partial charge in [0, 0.05) is 6.54 Å². The Balaban J connectivity index is 1.91. The SMILES string of the molecule is NC(=NO)C1(C(=O)NCCCC2CC2)CCCCCC1. The van der Waals surface area contributed by atoms with Crippen LogP contribution in [0.4, 0.5) is 0 Å². The van der Waals surface area contributed by atoms with Crippen LogP contribution in [0.25, 0.3) is 0 Å². The first-order valence-corrected chi connectivity index (χ1v) is 7.95. The molecule has 20 heavy (non-hydrogen) atoms. The molecule has 2 aliphatic rings. The summed E-state index contributed by atoms with van der Waals surface area (Å²) < 4.78 is 0. The van der Waals surface area contributed by atoms with Crippen LogP contribution in [0.3, 0.4) is 0 Å². The zero-order chi connectivity index (χ0) is 14.4. The summed E-state index contributed by atoms with van der Waals surface area (Å²) in [6.07, 6.45) is 10.5. The Bertz CT molecular complexity index is 356. The molecule has 5 nitrogen and oxygen atoms in total. The lowest BCUT2D eigenvalue weighted by Gasteiger charge is -2.29. The van der Waals surface area contributed by atoms with E-state index in [1.807, 2.05) is 0 Å². The Morgan fingerprint density at radius 1 is 1.25 bits per heavy atom. The molecule has 0 aliphatic heterocycles. The zero-order valence-corrected chi connectivity index (χ0v) is 12.2. The van der Waals surface area contributed by atoms with E-state index in [1.165, 1.54) is 19.3 Å². The van der Waals surface area contributed by atoms with Gasteiger partial charge in [0.1, 0.15) is 5.41 Å². The number of carbonyl (C=O) groups excluding carboxylic acids is 1. The van der Waals surface area contributed by atoms with Crippen molar-refractivity contribution in [1.82, 2.24) is 5.32 Å². The van der Waals surface area contributed by atoms with E-state index in [9.17, 15) is 4.79 Å². The van der Waals surface area contributed by atoms with Crippen molar-refractivity contribution in [2.75, 3.05) is 6.54 Å². The van der Waals surface area contributed by atoms with Crippen molar-refractivity contribution in [2.45, 2.75) is 64.2 Å². The standard InChI is InChI=1S/C15H27N3O2/c16-13(18-20)15(9-3-1-2-4-10-15)14(19)17-11-5-6-12-7-8-12/h12,20H,1-11H2,(H2,16,18)(H,17,19). The summed E-state index contributed by atoms with van der Waals surface area (Å²) in [5.74, 6) is 0.924. The number of nitrogens with one attached hydrogen (secondary N) is 1. The predicted octanol–water partition coefficient (Wildman–Crippen LogP) is 2.38. The quantitative estimate of drug-likeness (QED) is 0.174. The largest absolute Gasteiger partial charge is 0.409 e. The number of carbonyl (C=O) groups is 1. The number of amides is 1. The van der Waals surface area contributed by atoms with Crippen molar-refractivity contribution < 1.29 is 10.0 Å². The van der Waals surface area contributed by atoms with E-state index in [-0.39, 0.29) is 11.7 Å². The molecule has 0 aromatic rings. The Labute approximate surface area is 121 Å². The Kier molecular flexibility index (Phi) is 5.26. The first-order chi connectivity index (χ1) is 9.69. The smallest absolute Gasteiger partial charge is 0.233 e. The summed E-state index contributed by atoms with van der Waals surface area (Å²) in [6.45, 7) is 0.704. The van der Waals surface area contributed by atoms with Crippen LogP contribution in [-0.4, -0.2) is 23.5 Å². The molecule has 2 saturated carbocycles. The Morgan fingerprint density at radius 3 is 2.45 bits per heavy atom. The second-order valence-electron chi connectivity index (χ2n) is 6.32. The van der Waals surface area contributed by atoms with Gasteiger partial charge in [-0.2, -0.15) is 0 Å². The Morgan fingerprint density at radius 2 is 1.90 bits per heavy atom. The van der Waals surface area contributed by atoms with E-state index >= 15 is 0 Å². The number of rotatable bonds is 6. The molecule has 4 N–H and O–H groups in total. The topological polar surface area (TPSA) is 87.7 Å². The minimum absolute atomic E-state index is 0.0505. The molecule has 0 spiro atoms. The maximum Gasteiger partial charge on any atom is 0.233 e. The fourth-order valence-corrected chi connectivity index (χ4v) is 3.20. The van der Waals surface area contributed by atoms with Crippen LogP contribution in [-0.2, 0) is 4.79 Å². The highest BCUT2D eigenvalue weighted by Gasteiger charge is 2.42. The highest BCUT2D eigenvalue weighted by atomic mass is 16.4. The molecule has 2 aliphatic carbocycles. The maximum atomic E-state index is 12.6. The van der Waals surface area contributed by atoms with Crippen LogP contribution in [0, 0.1) is 11.3 Å². The normalized spacial score (nSPS) is 23.1. The van der Waals surface area contributed by atoms with Crippen molar-refractivity contribution in [1.29, 1.82) is 0 Å². The number of oxime groups is 1. The van der Waals surface area contributed by atoms with Gasteiger partial charge in [0.15, 0.2) is 5.84 Å². The van der Waals surface area contributed by atoms with Gasteiger partial charge >= 0.3 is 0 Å². The lowest BCUT2D eigenvalue weighted by molar-refractivity contribution is -0.128. The molecule has 0 saturated heterocycles. The van der Waals surface area contributed by atoms with E-state index in [2.05, 4.69) is 10.5 Å². The second-order valence-corrected chi connectivity index (χ2v) is 6.32. The van der Waals surface area contributed by atoms with E-state index in [0.29, 0.717) is 19.4 Å². The number of hydrogen-bond donors (Lipinski definition) is 3. The molecular weight excluding hydrogens is 254 g/mol. The lowest BCUT2D eigenvalue weighted by atomic mass is 9.78. The lowest BCUT2D eigenvalue weighted by Crippen LogP contribution is -2.49. The number of hydrogen-bond acceptors (Lipinski definition) is 3. The van der Waals surface area contributed by atoms with Gasteiger partial charge in [0.25, 0.3) is 0 Å². The van der Waals surface area contributed by atoms with Crippen LogP contribution in [0.5, 0.6) is 0 Å². The molecule has 0 aromatic carbocycles. The van der Waals surface area contributed by atoms with E-state index in [1.54, 1.807) is 0 Å². The molecule has 0 atom stereocenters. The van der Waals surface area contributed by atoms with Crippen LogP contribution >= 0.6 is 0 Å². The first kappa shape index (κ1) is 15.1. The number of nitrogens with two attached hydrogens (primary N) is 1. The van der Waals surface area contributed by atoms with Gasteiger partial charge in [0.05, 0.1) is 0 Å². The van der Waals surface area contributed by atoms with Gasteiger partial charge in [-0.05, 0) is 31.6 Å². The summed E-state index contributed by atoms with van der Waals surface area (Å²) in [5.41, 5.74) is 5.07. The summed E-state index contributed by atoms with van der Waals surface area (Å²) in [6, 6.07) is 0.